The van der Waals surface area contributed by atoms with E-state index in [0.29, 0.717) is 11.0 Å². The molecule has 0 atom stereocenters. The van der Waals surface area contributed by atoms with Gasteiger partial charge in [0.05, 0.1) is 10.9 Å². The quantitative estimate of drug-likeness (QED) is 0.880. The summed E-state index contributed by atoms with van der Waals surface area (Å²) in [7, 11) is 0. The summed E-state index contributed by atoms with van der Waals surface area (Å²) in [5, 5.41) is 3.23. The largest absolute Gasteiger partial charge is 0.381 e. The summed E-state index contributed by atoms with van der Waals surface area (Å²) in [5.41, 5.74) is 7.92. The van der Waals surface area contributed by atoms with E-state index in [1.807, 2.05) is 24.3 Å². The molecule has 0 saturated carbocycles. The van der Waals surface area contributed by atoms with E-state index in [2.05, 4.69) is 21.2 Å². The number of carbonyl (C=O) groups is 1. The number of benzene rings is 2. The zero-order valence-corrected chi connectivity index (χ0v) is 12.3. The van der Waals surface area contributed by atoms with Gasteiger partial charge in [0.15, 0.2) is 0 Å². The SMILES string of the molecule is NC(=O)Cc1ccc(NCc2ccc(F)c(Br)c2)cc1. The van der Waals surface area contributed by atoms with Gasteiger partial charge in [0, 0.05) is 12.2 Å². The number of nitrogens with one attached hydrogen (secondary N) is 1. The fraction of sp³-hybridized carbons (Fsp3) is 0.133. The van der Waals surface area contributed by atoms with Gasteiger partial charge in [-0.3, -0.25) is 4.79 Å². The molecule has 0 spiro atoms. The van der Waals surface area contributed by atoms with Crippen molar-refractivity contribution >= 4 is 27.5 Å². The Hall–Kier alpha value is -1.88. The molecule has 0 aliphatic rings. The summed E-state index contributed by atoms with van der Waals surface area (Å²) in [6, 6.07) is 12.4. The van der Waals surface area contributed by atoms with E-state index in [1.165, 1.54) is 6.07 Å². The van der Waals surface area contributed by atoms with Crippen LogP contribution in [0.4, 0.5) is 10.1 Å². The third kappa shape index (κ3) is 4.06. The number of primary amides is 1. The number of amides is 1. The minimum Gasteiger partial charge on any atom is -0.381 e. The van der Waals surface area contributed by atoms with Crippen LogP contribution in [0, 0.1) is 5.82 Å². The van der Waals surface area contributed by atoms with E-state index in [0.717, 1.165) is 16.8 Å². The summed E-state index contributed by atoms with van der Waals surface area (Å²) in [5.74, 6) is -0.619. The Bertz CT molecular complexity index is 614. The summed E-state index contributed by atoms with van der Waals surface area (Å²) in [6.07, 6.45) is 0.241. The highest BCUT2D eigenvalue weighted by Crippen LogP contribution is 2.18. The van der Waals surface area contributed by atoms with Crippen molar-refractivity contribution in [3.05, 3.63) is 63.9 Å². The minimum atomic E-state index is -0.345. The predicted molar refractivity (Wildman–Crippen MR) is 80.8 cm³/mol. The fourth-order valence-corrected chi connectivity index (χ4v) is 2.22. The maximum atomic E-state index is 13.1. The van der Waals surface area contributed by atoms with Gasteiger partial charge in [0.1, 0.15) is 5.82 Å². The topological polar surface area (TPSA) is 55.1 Å². The summed E-state index contributed by atoms with van der Waals surface area (Å²) in [6.45, 7) is 0.591. The van der Waals surface area contributed by atoms with Gasteiger partial charge < -0.3 is 11.1 Å². The zero-order valence-electron chi connectivity index (χ0n) is 10.7. The third-order valence-corrected chi connectivity index (χ3v) is 3.42. The first-order chi connectivity index (χ1) is 9.54. The molecule has 0 radical (unpaired) electrons. The Kier molecular flexibility index (Phi) is 4.74. The normalized spacial score (nSPS) is 10.3. The van der Waals surface area contributed by atoms with Crippen LogP contribution in [-0.2, 0) is 17.8 Å². The van der Waals surface area contributed by atoms with Crippen LogP contribution in [0.1, 0.15) is 11.1 Å². The molecule has 0 heterocycles. The second kappa shape index (κ2) is 6.52. The first-order valence-electron chi connectivity index (χ1n) is 6.09. The number of rotatable bonds is 5. The number of halogens is 2. The molecule has 2 aromatic carbocycles. The van der Waals surface area contributed by atoms with E-state index in [9.17, 15) is 9.18 Å². The van der Waals surface area contributed by atoms with Crippen LogP contribution in [0.15, 0.2) is 46.9 Å². The van der Waals surface area contributed by atoms with Crippen molar-refractivity contribution in [3.63, 3.8) is 0 Å². The summed E-state index contributed by atoms with van der Waals surface area (Å²) in [4.78, 5) is 10.8. The van der Waals surface area contributed by atoms with Gasteiger partial charge in [-0.2, -0.15) is 0 Å². The van der Waals surface area contributed by atoms with Crippen molar-refractivity contribution in [2.45, 2.75) is 13.0 Å². The van der Waals surface area contributed by atoms with Gasteiger partial charge in [-0.25, -0.2) is 4.39 Å². The molecule has 20 heavy (non-hydrogen) atoms. The van der Waals surface area contributed by atoms with Gasteiger partial charge in [0.2, 0.25) is 5.91 Å². The molecule has 0 aliphatic heterocycles. The molecule has 104 valence electrons. The van der Waals surface area contributed by atoms with Crippen molar-refractivity contribution in [1.82, 2.24) is 0 Å². The van der Waals surface area contributed by atoms with Gasteiger partial charge in [0.25, 0.3) is 0 Å². The van der Waals surface area contributed by atoms with Crippen molar-refractivity contribution in [2.75, 3.05) is 5.32 Å². The second-order valence-electron chi connectivity index (χ2n) is 4.44. The van der Waals surface area contributed by atoms with Crippen LogP contribution in [0.25, 0.3) is 0 Å². The smallest absolute Gasteiger partial charge is 0.221 e. The molecule has 0 saturated heterocycles. The number of nitrogens with two attached hydrogens (primary N) is 1. The maximum Gasteiger partial charge on any atom is 0.221 e. The molecule has 0 aromatic heterocycles. The lowest BCUT2D eigenvalue weighted by atomic mass is 10.1. The number of carbonyl (C=O) groups excluding carboxylic acids is 1. The first-order valence-corrected chi connectivity index (χ1v) is 6.89. The maximum absolute atomic E-state index is 13.1. The van der Waals surface area contributed by atoms with E-state index < -0.39 is 0 Å². The lowest BCUT2D eigenvalue weighted by Crippen LogP contribution is -2.13. The highest BCUT2D eigenvalue weighted by Gasteiger charge is 2.01. The standard InChI is InChI=1S/C15H14BrFN2O/c16-13-7-11(3-6-14(13)17)9-19-12-4-1-10(2-5-12)8-15(18)20/h1-7,19H,8-9H2,(H2,18,20). The van der Waals surface area contributed by atoms with E-state index in [4.69, 9.17) is 5.73 Å². The van der Waals surface area contributed by atoms with Crippen molar-refractivity contribution < 1.29 is 9.18 Å². The van der Waals surface area contributed by atoms with Crippen LogP contribution < -0.4 is 11.1 Å². The molecular formula is C15H14BrFN2O. The lowest BCUT2D eigenvalue weighted by molar-refractivity contribution is -0.117. The molecule has 5 heteroatoms. The zero-order chi connectivity index (χ0) is 14.5. The van der Waals surface area contributed by atoms with Gasteiger partial charge in [-0.05, 0) is 51.3 Å². The molecule has 0 fully saturated rings. The minimum absolute atomic E-state index is 0.241. The molecule has 0 aliphatic carbocycles. The Morgan fingerprint density at radius 3 is 2.40 bits per heavy atom. The lowest BCUT2D eigenvalue weighted by Gasteiger charge is -2.08. The average Bonchev–Trinajstić information content (AvgIpc) is 2.41. The van der Waals surface area contributed by atoms with Crippen LogP contribution in [0.3, 0.4) is 0 Å². The molecule has 1 amide bonds. The fourth-order valence-electron chi connectivity index (χ4n) is 1.80. The van der Waals surface area contributed by atoms with E-state index in [-0.39, 0.29) is 18.1 Å². The highest BCUT2D eigenvalue weighted by atomic mass is 79.9. The second-order valence-corrected chi connectivity index (χ2v) is 5.30. The van der Waals surface area contributed by atoms with E-state index in [1.54, 1.807) is 12.1 Å². The number of hydrogen-bond donors (Lipinski definition) is 2. The van der Waals surface area contributed by atoms with Crippen LogP contribution in [0.5, 0.6) is 0 Å². The van der Waals surface area contributed by atoms with Crippen molar-refractivity contribution in [1.29, 1.82) is 0 Å². The molecule has 0 bridgehead atoms. The first kappa shape index (κ1) is 14.5. The number of hydrogen-bond acceptors (Lipinski definition) is 2. The Morgan fingerprint density at radius 2 is 1.80 bits per heavy atom. The Labute approximate surface area is 125 Å². The van der Waals surface area contributed by atoms with Crippen LogP contribution in [-0.4, -0.2) is 5.91 Å². The van der Waals surface area contributed by atoms with Crippen molar-refractivity contribution in [3.8, 4) is 0 Å². The Balaban J connectivity index is 1.96. The highest BCUT2D eigenvalue weighted by molar-refractivity contribution is 9.10. The number of anilines is 1. The van der Waals surface area contributed by atoms with Gasteiger partial charge in [-0.15, -0.1) is 0 Å². The molecule has 2 rings (SSSR count). The van der Waals surface area contributed by atoms with E-state index >= 15 is 0 Å². The van der Waals surface area contributed by atoms with Crippen LogP contribution in [0.2, 0.25) is 0 Å². The third-order valence-electron chi connectivity index (χ3n) is 2.81. The van der Waals surface area contributed by atoms with Gasteiger partial charge in [-0.1, -0.05) is 18.2 Å². The van der Waals surface area contributed by atoms with Crippen molar-refractivity contribution in [2.24, 2.45) is 5.73 Å². The average molecular weight is 337 g/mol. The van der Waals surface area contributed by atoms with Gasteiger partial charge >= 0.3 is 0 Å². The Morgan fingerprint density at radius 1 is 1.15 bits per heavy atom. The molecule has 0 unspecified atom stereocenters. The molecular weight excluding hydrogens is 323 g/mol. The monoisotopic (exact) mass is 336 g/mol. The van der Waals surface area contributed by atoms with Crippen LogP contribution >= 0.6 is 15.9 Å². The molecule has 3 nitrogen and oxygen atoms in total. The summed E-state index contributed by atoms with van der Waals surface area (Å²) >= 11 is 3.16. The summed E-state index contributed by atoms with van der Waals surface area (Å²) < 4.78 is 13.6. The predicted octanol–water partition coefficient (Wildman–Crippen LogP) is 3.23. The molecule has 3 N–H and O–H groups in total. The molecule has 2 aromatic rings.